The minimum atomic E-state index is -3.73. The van der Waals surface area contributed by atoms with Crippen LogP contribution < -0.4 is 10.1 Å². The third-order valence-electron chi connectivity index (χ3n) is 5.32. The molecule has 1 amide bonds. The molecule has 0 radical (unpaired) electrons. The summed E-state index contributed by atoms with van der Waals surface area (Å²) in [4.78, 5) is 13.3. The van der Waals surface area contributed by atoms with Crippen molar-refractivity contribution in [2.24, 2.45) is 7.05 Å². The molecular weight excluding hydrogens is 416 g/mol. The van der Waals surface area contributed by atoms with Crippen LogP contribution in [-0.2, 0) is 35.0 Å². The Morgan fingerprint density at radius 2 is 1.87 bits per heavy atom. The number of rotatable bonds is 6. The molecule has 0 spiro atoms. The van der Waals surface area contributed by atoms with Gasteiger partial charge in [-0.05, 0) is 29.8 Å². The number of ether oxygens (including phenoxy) is 1. The Balaban J connectivity index is 1.56. The second-order valence-corrected chi connectivity index (χ2v) is 9.38. The number of aryl methyl sites for hydroxylation is 1. The van der Waals surface area contributed by atoms with Gasteiger partial charge in [0.25, 0.3) is 0 Å². The predicted molar refractivity (Wildman–Crippen MR) is 115 cm³/mol. The van der Waals surface area contributed by atoms with Crippen molar-refractivity contribution in [1.29, 1.82) is 0 Å². The summed E-state index contributed by atoms with van der Waals surface area (Å²) in [6, 6.07) is 15.7. The number of amides is 1. The molecule has 0 unspecified atom stereocenters. The molecule has 0 bridgehead atoms. The highest BCUT2D eigenvalue weighted by molar-refractivity contribution is 7.89. The normalized spacial score (nSPS) is 16.5. The number of carbonyl (C=O) groups excluding carboxylic acids is 1. The molecule has 0 saturated carbocycles. The zero-order valence-corrected chi connectivity index (χ0v) is 18.2. The lowest BCUT2D eigenvalue weighted by molar-refractivity contribution is -0.123. The van der Waals surface area contributed by atoms with Gasteiger partial charge in [-0.1, -0.05) is 30.3 Å². The van der Waals surface area contributed by atoms with E-state index in [2.05, 4.69) is 10.4 Å². The highest BCUT2D eigenvalue weighted by atomic mass is 32.2. The van der Waals surface area contributed by atoms with E-state index >= 15 is 0 Å². The van der Waals surface area contributed by atoms with E-state index in [1.807, 2.05) is 24.3 Å². The van der Waals surface area contributed by atoms with Gasteiger partial charge in [-0.15, -0.1) is 0 Å². The molecule has 8 nitrogen and oxygen atoms in total. The van der Waals surface area contributed by atoms with Gasteiger partial charge in [0.05, 0.1) is 23.6 Å². The molecule has 1 N–H and O–H groups in total. The smallest absolute Gasteiger partial charge is 0.243 e. The van der Waals surface area contributed by atoms with Gasteiger partial charge in [0, 0.05) is 38.4 Å². The highest BCUT2D eigenvalue weighted by Gasteiger charge is 2.38. The average molecular weight is 441 g/mol. The van der Waals surface area contributed by atoms with Crippen molar-refractivity contribution in [3.8, 4) is 5.75 Å². The zero-order valence-electron chi connectivity index (χ0n) is 17.4. The second-order valence-electron chi connectivity index (χ2n) is 7.44. The van der Waals surface area contributed by atoms with Gasteiger partial charge in [-0.25, -0.2) is 8.42 Å². The topological polar surface area (TPSA) is 93.5 Å². The summed E-state index contributed by atoms with van der Waals surface area (Å²) in [6.45, 7) is 0.547. The number of hydrogen-bond donors (Lipinski definition) is 1. The van der Waals surface area contributed by atoms with Crippen LogP contribution in [-0.4, -0.2) is 42.1 Å². The van der Waals surface area contributed by atoms with Gasteiger partial charge in [-0.3, -0.25) is 9.48 Å². The molecule has 162 valence electrons. The molecule has 31 heavy (non-hydrogen) atoms. The molecule has 0 fully saturated rings. The van der Waals surface area contributed by atoms with Gasteiger partial charge in [0.15, 0.2) is 0 Å². The van der Waals surface area contributed by atoms with E-state index < -0.39 is 15.9 Å². The van der Waals surface area contributed by atoms with E-state index in [0.717, 1.165) is 16.9 Å². The van der Waals surface area contributed by atoms with Crippen molar-refractivity contribution in [3.05, 3.63) is 77.6 Å². The number of hydrogen-bond acceptors (Lipinski definition) is 5. The average Bonchev–Trinajstić information content (AvgIpc) is 3.17. The van der Waals surface area contributed by atoms with Crippen LogP contribution in [0.4, 0.5) is 0 Å². The van der Waals surface area contributed by atoms with Crippen LogP contribution in [0, 0.1) is 0 Å². The molecule has 3 aromatic rings. The van der Waals surface area contributed by atoms with E-state index in [1.165, 1.54) is 4.31 Å². The number of sulfonamides is 1. The summed E-state index contributed by atoms with van der Waals surface area (Å²) < 4.78 is 34.5. The molecule has 1 atom stereocenters. The summed E-state index contributed by atoms with van der Waals surface area (Å²) in [5, 5.41) is 7.36. The number of methoxy groups -OCH3 is 1. The fourth-order valence-electron chi connectivity index (χ4n) is 3.70. The van der Waals surface area contributed by atoms with E-state index in [0.29, 0.717) is 12.2 Å². The van der Waals surface area contributed by atoms with Gasteiger partial charge in [-0.2, -0.15) is 9.40 Å². The lowest BCUT2D eigenvalue weighted by Gasteiger charge is -2.30. The SMILES string of the molecule is COc1ccc(CNC(=O)[C@@H]2CN(S(=O)(=O)c3ccccc3)Cc3cn(C)nc32)cc1. The van der Waals surface area contributed by atoms with Crippen molar-refractivity contribution in [2.75, 3.05) is 13.7 Å². The van der Waals surface area contributed by atoms with Crippen molar-refractivity contribution < 1.29 is 17.9 Å². The fraction of sp³-hybridized carbons (Fsp3) is 0.273. The molecular formula is C22H24N4O4S. The maximum absolute atomic E-state index is 13.2. The first-order valence-electron chi connectivity index (χ1n) is 9.86. The molecule has 2 aromatic carbocycles. The second kappa shape index (κ2) is 8.52. The molecule has 4 rings (SSSR count). The van der Waals surface area contributed by atoms with E-state index in [1.54, 1.807) is 55.4 Å². The summed E-state index contributed by atoms with van der Waals surface area (Å²) in [5.41, 5.74) is 2.27. The lowest BCUT2D eigenvalue weighted by atomic mass is 9.97. The summed E-state index contributed by atoms with van der Waals surface area (Å²) in [6.07, 6.45) is 1.77. The number of nitrogens with one attached hydrogen (secondary N) is 1. The quantitative estimate of drug-likeness (QED) is 0.633. The maximum atomic E-state index is 13.2. The standard InChI is InChI=1S/C22H24N4O4S/c1-25-13-17-14-26(31(28,29)19-6-4-3-5-7-19)15-20(21(17)24-25)22(27)23-12-16-8-10-18(30-2)11-9-16/h3-11,13,20H,12,14-15H2,1-2H3,(H,23,27)/t20-/m1/s1. The molecule has 2 heterocycles. The first-order valence-corrected chi connectivity index (χ1v) is 11.3. The molecule has 1 aromatic heterocycles. The molecule has 9 heteroatoms. The van der Waals surface area contributed by atoms with Gasteiger partial charge < -0.3 is 10.1 Å². The molecule has 1 aliphatic heterocycles. The highest BCUT2D eigenvalue weighted by Crippen LogP contribution is 2.31. The monoisotopic (exact) mass is 440 g/mol. The van der Waals surface area contributed by atoms with Gasteiger partial charge in [0.2, 0.25) is 15.9 Å². The van der Waals surface area contributed by atoms with E-state index in [9.17, 15) is 13.2 Å². The van der Waals surface area contributed by atoms with Crippen LogP contribution in [0.2, 0.25) is 0 Å². The lowest BCUT2D eigenvalue weighted by Crippen LogP contribution is -2.43. The first-order chi connectivity index (χ1) is 14.9. The number of aromatic nitrogens is 2. The third kappa shape index (κ3) is 4.33. The fourth-order valence-corrected chi connectivity index (χ4v) is 5.16. The van der Waals surface area contributed by atoms with Crippen LogP contribution in [0.1, 0.15) is 22.7 Å². The predicted octanol–water partition coefficient (Wildman–Crippen LogP) is 2.03. The van der Waals surface area contributed by atoms with Crippen LogP contribution in [0.5, 0.6) is 5.75 Å². The zero-order chi connectivity index (χ0) is 22.0. The van der Waals surface area contributed by atoms with Crippen LogP contribution in [0.25, 0.3) is 0 Å². The molecule has 0 aliphatic carbocycles. The Labute approximate surface area is 181 Å². The van der Waals surface area contributed by atoms with Crippen molar-refractivity contribution >= 4 is 15.9 Å². The van der Waals surface area contributed by atoms with E-state index in [4.69, 9.17) is 4.74 Å². The first kappa shape index (κ1) is 21.1. The molecule has 0 saturated heterocycles. The largest absolute Gasteiger partial charge is 0.497 e. The number of nitrogens with zero attached hydrogens (tertiary/aromatic N) is 3. The van der Waals surface area contributed by atoms with Crippen molar-refractivity contribution in [2.45, 2.75) is 23.9 Å². The number of benzene rings is 2. The summed E-state index contributed by atoms with van der Waals surface area (Å²) >= 11 is 0. The van der Waals surface area contributed by atoms with Crippen LogP contribution in [0.3, 0.4) is 0 Å². The number of carbonyl (C=O) groups is 1. The number of fused-ring (bicyclic) bond motifs is 1. The summed E-state index contributed by atoms with van der Waals surface area (Å²) in [5.74, 6) is -0.215. The molecule has 1 aliphatic rings. The van der Waals surface area contributed by atoms with Crippen LogP contribution >= 0.6 is 0 Å². The Morgan fingerprint density at radius 3 is 2.55 bits per heavy atom. The summed E-state index contributed by atoms with van der Waals surface area (Å²) in [7, 11) is -0.373. The Morgan fingerprint density at radius 1 is 1.16 bits per heavy atom. The minimum Gasteiger partial charge on any atom is -0.497 e. The minimum absolute atomic E-state index is 0.0374. The third-order valence-corrected chi connectivity index (χ3v) is 7.15. The Kier molecular flexibility index (Phi) is 5.79. The van der Waals surface area contributed by atoms with Crippen molar-refractivity contribution in [1.82, 2.24) is 19.4 Å². The maximum Gasteiger partial charge on any atom is 0.243 e. The van der Waals surface area contributed by atoms with Crippen LogP contribution in [0.15, 0.2) is 65.7 Å². The van der Waals surface area contributed by atoms with Gasteiger partial charge >= 0.3 is 0 Å². The Bertz CT molecular complexity index is 1170. The van der Waals surface area contributed by atoms with E-state index in [-0.39, 0.29) is 23.9 Å². The van der Waals surface area contributed by atoms with Gasteiger partial charge in [0.1, 0.15) is 5.75 Å². The Hall–Kier alpha value is -3.17. The van der Waals surface area contributed by atoms with Crippen molar-refractivity contribution in [3.63, 3.8) is 0 Å².